The number of amides is 2. The van der Waals surface area contributed by atoms with E-state index < -0.39 is 5.82 Å². The number of fused-ring (bicyclic) bond motifs is 3. The quantitative estimate of drug-likeness (QED) is 0.440. The van der Waals surface area contributed by atoms with Crippen molar-refractivity contribution < 1.29 is 9.18 Å². The lowest BCUT2D eigenvalue weighted by atomic mass is 9.92. The summed E-state index contributed by atoms with van der Waals surface area (Å²) in [5.74, 6) is -0.443. The number of rotatable bonds is 2. The highest BCUT2D eigenvalue weighted by Gasteiger charge is 2.34. The van der Waals surface area contributed by atoms with E-state index in [9.17, 15) is 9.18 Å². The van der Waals surface area contributed by atoms with Crippen molar-refractivity contribution in [1.29, 1.82) is 0 Å². The van der Waals surface area contributed by atoms with E-state index in [-0.39, 0.29) is 17.8 Å². The maximum atomic E-state index is 14.1. The van der Waals surface area contributed by atoms with E-state index in [1.165, 1.54) is 17.0 Å². The Labute approximate surface area is 174 Å². The molecule has 0 spiro atoms. The zero-order valence-corrected chi connectivity index (χ0v) is 16.7. The lowest BCUT2D eigenvalue weighted by Gasteiger charge is -2.36. The molecule has 0 fully saturated rings. The summed E-state index contributed by atoms with van der Waals surface area (Å²) < 4.78 is 14.1. The molecule has 0 saturated heterocycles. The number of carbonyl (C=O) groups excluding carboxylic acids is 1. The van der Waals surface area contributed by atoms with Gasteiger partial charge < -0.3 is 15.2 Å². The van der Waals surface area contributed by atoms with Crippen molar-refractivity contribution in [3.63, 3.8) is 0 Å². The van der Waals surface area contributed by atoms with E-state index in [2.05, 4.69) is 46.7 Å². The molecule has 30 heavy (non-hydrogen) atoms. The molecule has 1 aliphatic heterocycles. The second-order valence-electron chi connectivity index (χ2n) is 7.73. The monoisotopic (exact) mass is 399 g/mol. The molecule has 5 rings (SSSR count). The number of hydrogen-bond acceptors (Lipinski definition) is 1. The van der Waals surface area contributed by atoms with Gasteiger partial charge >= 0.3 is 6.03 Å². The lowest BCUT2D eigenvalue weighted by Crippen LogP contribution is -2.43. The number of nitrogens with one attached hydrogen (secondary N) is 2. The van der Waals surface area contributed by atoms with E-state index in [4.69, 9.17) is 0 Å². The van der Waals surface area contributed by atoms with Crippen LogP contribution < -0.4 is 5.32 Å². The Balaban J connectivity index is 1.59. The van der Waals surface area contributed by atoms with Gasteiger partial charge in [0.15, 0.2) is 0 Å². The normalized spacial score (nSPS) is 15.8. The number of nitrogens with zero attached hydrogens (tertiary/aromatic N) is 1. The Hall–Kier alpha value is -3.60. The number of H-pyrrole nitrogens is 1. The number of carbonyl (C=O) groups is 1. The molecule has 2 heterocycles. The van der Waals surface area contributed by atoms with Crippen molar-refractivity contribution in [1.82, 2.24) is 9.88 Å². The van der Waals surface area contributed by atoms with E-state index in [0.29, 0.717) is 6.54 Å². The average molecular weight is 399 g/mol. The molecule has 5 heteroatoms. The first-order chi connectivity index (χ1) is 14.6. The molecule has 0 radical (unpaired) electrons. The van der Waals surface area contributed by atoms with E-state index in [1.54, 1.807) is 23.1 Å². The van der Waals surface area contributed by atoms with Gasteiger partial charge in [-0.1, -0.05) is 60.2 Å². The van der Waals surface area contributed by atoms with Gasteiger partial charge in [0.05, 0.1) is 11.7 Å². The number of aromatic amines is 1. The predicted molar refractivity (Wildman–Crippen MR) is 117 cm³/mol. The Morgan fingerprint density at radius 2 is 1.77 bits per heavy atom. The first kappa shape index (κ1) is 18.4. The molecule has 0 bridgehead atoms. The molecule has 2 amide bonds. The van der Waals surface area contributed by atoms with E-state index >= 15 is 0 Å². The maximum Gasteiger partial charge on any atom is 0.322 e. The number of benzene rings is 3. The van der Waals surface area contributed by atoms with Gasteiger partial charge in [-0.3, -0.25) is 0 Å². The second-order valence-corrected chi connectivity index (χ2v) is 7.73. The minimum atomic E-state index is -0.443. The van der Waals surface area contributed by atoms with Crippen molar-refractivity contribution in [2.24, 2.45) is 0 Å². The largest absolute Gasteiger partial charge is 0.356 e. The summed E-state index contributed by atoms with van der Waals surface area (Å²) in [6.07, 6.45) is 0.742. The van der Waals surface area contributed by atoms with Crippen LogP contribution in [0.4, 0.5) is 14.9 Å². The van der Waals surface area contributed by atoms with E-state index in [0.717, 1.165) is 28.8 Å². The topological polar surface area (TPSA) is 48.1 Å². The van der Waals surface area contributed by atoms with Crippen molar-refractivity contribution in [3.8, 4) is 0 Å². The average Bonchev–Trinajstić information content (AvgIpc) is 3.14. The van der Waals surface area contributed by atoms with Gasteiger partial charge in [0.25, 0.3) is 0 Å². The van der Waals surface area contributed by atoms with Crippen LogP contribution in [0.3, 0.4) is 0 Å². The number of urea groups is 1. The number of aromatic nitrogens is 1. The molecular weight excluding hydrogens is 377 g/mol. The molecule has 4 aromatic rings. The molecule has 1 atom stereocenters. The summed E-state index contributed by atoms with van der Waals surface area (Å²) in [6, 6.07) is 22.1. The Morgan fingerprint density at radius 1 is 1.03 bits per heavy atom. The van der Waals surface area contributed by atoms with Crippen molar-refractivity contribution >= 4 is 22.6 Å². The molecule has 2 N–H and O–H groups in total. The number of anilines is 1. The standard InChI is InChI=1S/C25H22FN3O/c1-16-10-12-17(13-11-16)24-23-19(18-6-2-4-8-21(18)27-23)14-15-29(24)25(30)28-22-9-5-3-7-20(22)26/h2-13,24,27H,14-15H2,1H3,(H,28,30)/t24-/m0/s1. The summed E-state index contributed by atoms with van der Waals surface area (Å²) in [7, 11) is 0. The van der Waals surface area contributed by atoms with Crippen LogP contribution in [-0.2, 0) is 6.42 Å². The second kappa shape index (κ2) is 7.34. The van der Waals surface area contributed by atoms with Crippen LogP contribution in [0.1, 0.15) is 28.4 Å². The number of para-hydroxylation sites is 2. The molecule has 1 aromatic heterocycles. The molecular formula is C25H22FN3O. The van der Waals surface area contributed by atoms with Crippen molar-refractivity contribution in [2.45, 2.75) is 19.4 Å². The third-order valence-corrected chi connectivity index (χ3v) is 5.80. The van der Waals surface area contributed by atoms with Crippen LogP contribution in [0.5, 0.6) is 0 Å². The van der Waals surface area contributed by atoms with Gasteiger partial charge in [-0.2, -0.15) is 0 Å². The molecule has 0 unspecified atom stereocenters. The number of halogens is 1. The lowest BCUT2D eigenvalue weighted by molar-refractivity contribution is 0.193. The fourth-order valence-corrected chi connectivity index (χ4v) is 4.30. The van der Waals surface area contributed by atoms with Gasteiger partial charge in [0.1, 0.15) is 5.82 Å². The third kappa shape index (κ3) is 3.12. The summed E-state index contributed by atoms with van der Waals surface area (Å²) in [5.41, 5.74) is 5.70. The number of aryl methyl sites for hydroxylation is 1. The smallest absolute Gasteiger partial charge is 0.322 e. The minimum Gasteiger partial charge on any atom is -0.356 e. The number of hydrogen-bond donors (Lipinski definition) is 2. The molecule has 3 aromatic carbocycles. The first-order valence-electron chi connectivity index (χ1n) is 10.1. The van der Waals surface area contributed by atoms with Gasteiger partial charge in [-0.15, -0.1) is 0 Å². The van der Waals surface area contributed by atoms with E-state index in [1.807, 2.05) is 19.1 Å². The Morgan fingerprint density at radius 3 is 2.57 bits per heavy atom. The van der Waals surface area contributed by atoms with Gasteiger partial charge in [-0.05, 0) is 42.7 Å². The van der Waals surface area contributed by atoms with Crippen LogP contribution in [0.15, 0.2) is 72.8 Å². The highest BCUT2D eigenvalue weighted by Crippen LogP contribution is 2.38. The fourth-order valence-electron chi connectivity index (χ4n) is 4.30. The third-order valence-electron chi connectivity index (χ3n) is 5.80. The minimum absolute atomic E-state index is 0.188. The zero-order valence-electron chi connectivity index (χ0n) is 16.7. The van der Waals surface area contributed by atoms with Crippen LogP contribution in [0.25, 0.3) is 10.9 Å². The maximum absolute atomic E-state index is 14.1. The highest BCUT2D eigenvalue weighted by atomic mass is 19.1. The molecule has 0 saturated carbocycles. The van der Waals surface area contributed by atoms with Crippen LogP contribution >= 0.6 is 0 Å². The van der Waals surface area contributed by atoms with Gasteiger partial charge in [0.2, 0.25) is 0 Å². The van der Waals surface area contributed by atoms with Crippen LogP contribution in [0, 0.1) is 12.7 Å². The van der Waals surface area contributed by atoms with Crippen molar-refractivity contribution in [2.75, 3.05) is 11.9 Å². The van der Waals surface area contributed by atoms with Crippen molar-refractivity contribution in [3.05, 3.63) is 101 Å². The van der Waals surface area contributed by atoms with Crippen LogP contribution in [-0.4, -0.2) is 22.5 Å². The predicted octanol–water partition coefficient (Wildman–Crippen LogP) is 5.80. The Kier molecular flexibility index (Phi) is 4.51. The first-order valence-corrected chi connectivity index (χ1v) is 10.1. The summed E-state index contributed by atoms with van der Waals surface area (Å²) >= 11 is 0. The molecule has 1 aliphatic rings. The summed E-state index contributed by atoms with van der Waals surface area (Å²) in [6.45, 7) is 2.59. The molecule has 150 valence electrons. The van der Waals surface area contributed by atoms with Gasteiger partial charge in [-0.25, -0.2) is 9.18 Å². The van der Waals surface area contributed by atoms with Gasteiger partial charge in [0, 0.05) is 23.1 Å². The fraction of sp³-hybridized carbons (Fsp3) is 0.160. The highest BCUT2D eigenvalue weighted by molar-refractivity contribution is 5.91. The zero-order chi connectivity index (χ0) is 20.7. The Bertz CT molecular complexity index is 1230. The SMILES string of the molecule is Cc1ccc([C@H]2c3[nH]c4ccccc4c3CCN2C(=O)Nc2ccccc2F)cc1. The van der Waals surface area contributed by atoms with Crippen LogP contribution in [0.2, 0.25) is 0 Å². The summed E-state index contributed by atoms with van der Waals surface area (Å²) in [5, 5.41) is 3.95. The summed E-state index contributed by atoms with van der Waals surface area (Å²) in [4.78, 5) is 18.6. The molecule has 0 aliphatic carbocycles. The molecule has 4 nitrogen and oxygen atoms in total.